The number of benzene rings is 1. The molecule has 1 unspecified atom stereocenters. The van der Waals surface area contributed by atoms with Gasteiger partial charge in [-0.3, -0.25) is 4.79 Å². The molecule has 0 bridgehead atoms. The molecule has 1 atom stereocenters. The summed E-state index contributed by atoms with van der Waals surface area (Å²) < 4.78 is 23.3. The summed E-state index contributed by atoms with van der Waals surface area (Å²) in [6.07, 6.45) is 0. The van der Waals surface area contributed by atoms with E-state index < -0.39 is 17.7 Å². The first kappa shape index (κ1) is 9.76. The molecule has 0 radical (unpaired) electrons. The number of ether oxygens (including phenoxy) is 2. The van der Waals surface area contributed by atoms with Crippen LogP contribution in [0.25, 0.3) is 0 Å². The number of halogens is 1. The van der Waals surface area contributed by atoms with Gasteiger partial charge in [0.1, 0.15) is 0 Å². The Morgan fingerprint density at radius 2 is 2.27 bits per heavy atom. The van der Waals surface area contributed by atoms with Gasteiger partial charge in [-0.15, -0.1) is 0 Å². The van der Waals surface area contributed by atoms with Crippen LogP contribution in [-0.4, -0.2) is 17.9 Å². The predicted octanol–water partition coefficient (Wildman–Crippen LogP) is 1.74. The number of hydrogen-bond donors (Lipinski definition) is 1. The fourth-order valence-corrected chi connectivity index (χ4v) is 1.38. The van der Waals surface area contributed by atoms with Crippen molar-refractivity contribution in [3.8, 4) is 11.5 Å². The van der Waals surface area contributed by atoms with E-state index in [-0.39, 0.29) is 18.3 Å². The molecule has 0 aliphatic carbocycles. The van der Waals surface area contributed by atoms with Gasteiger partial charge < -0.3 is 14.6 Å². The Kier molecular flexibility index (Phi) is 2.22. The van der Waals surface area contributed by atoms with Gasteiger partial charge in [0.2, 0.25) is 12.5 Å². The molecule has 80 valence electrons. The molecule has 4 nitrogen and oxygen atoms in total. The third-order valence-corrected chi connectivity index (χ3v) is 2.32. The summed E-state index contributed by atoms with van der Waals surface area (Å²) in [6.45, 7) is 1.45. The van der Waals surface area contributed by atoms with Gasteiger partial charge in [-0.05, 0) is 24.6 Å². The normalized spacial score (nSPS) is 15.1. The van der Waals surface area contributed by atoms with Crippen molar-refractivity contribution in [3.05, 3.63) is 23.5 Å². The van der Waals surface area contributed by atoms with Crippen LogP contribution < -0.4 is 9.47 Å². The minimum absolute atomic E-state index is 0.0306. The summed E-state index contributed by atoms with van der Waals surface area (Å²) in [5.41, 5.74) is 0.365. The molecule has 0 aromatic heterocycles. The van der Waals surface area contributed by atoms with Crippen LogP contribution in [-0.2, 0) is 4.79 Å². The molecule has 1 aliphatic heterocycles. The zero-order valence-electron chi connectivity index (χ0n) is 7.99. The molecule has 0 saturated heterocycles. The summed E-state index contributed by atoms with van der Waals surface area (Å²) in [6, 6.07) is 2.65. The molecule has 1 aliphatic rings. The van der Waals surface area contributed by atoms with E-state index in [1.165, 1.54) is 13.0 Å². The molecule has 2 rings (SSSR count). The van der Waals surface area contributed by atoms with Crippen molar-refractivity contribution >= 4 is 5.97 Å². The van der Waals surface area contributed by atoms with Crippen molar-refractivity contribution in [1.82, 2.24) is 0 Å². The molecule has 0 fully saturated rings. The largest absolute Gasteiger partial charge is 0.481 e. The average molecular weight is 212 g/mol. The molecule has 15 heavy (non-hydrogen) atoms. The Morgan fingerprint density at radius 1 is 1.53 bits per heavy atom. The highest BCUT2D eigenvalue weighted by Crippen LogP contribution is 2.37. The molecule has 0 amide bonds. The quantitative estimate of drug-likeness (QED) is 0.811. The van der Waals surface area contributed by atoms with Crippen LogP contribution >= 0.6 is 0 Å². The van der Waals surface area contributed by atoms with E-state index in [1.807, 2.05) is 0 Å². The van der Waals surface area contributed by atoms with E-state index in [4.69, 9.17) is 14.6 Å². The number of aliphatic carboxylic acids is 1. The summed E-state index contributed by atoms with van der Waals surface area (Å²) in [5.74, 6) is -2.05. The molecule has 5 heteroatoms. The highest BCUT2D eigenvalue weighted by Gasteiger charge is 2.23. The van der Waals surface area contributed by atoms with E-state index >= 15 is 0 Å². The fourth-order valence-electron chi connectivity index (χ4n) is 1.38. The minimum Gasteiger partial charge on any atom is -0.481 e. The summed E-state index contributed by atoms with van der Waals surface area (Å²) in [5, 5.41) is 8.78. The van der Waals surface area contributed by atoms with E-state index in [0.717, 1.165) is 6.07 Å². The van der Waals surface area contributed by atoms with Gasteiger partial charge in [0.25, 0.3) is 0 Å². The summed E-state index contributed by atoms with van der Waals surface area (Å²) >= 11 is 0. The van der Waals surface area contributed by atoms with E-state index in [9.17, 15) is 9.18 Å². The van der Waals surface area contributed by atoms with Crippen LogP contribution in [0.3, 0.4) is 0 Å². The minimum atomic E-state index is -1.01. The topological polar surface area (TPSA) is 55.8 Å². The van der Waals surface area contributed by atoms with Crippen molar-refractivity contribution in [1.29, 1.82) is 0 Å². The van der Waals surface area contributed by atoms with Gasteiger partial charge in [-0.25, -0.2) is 4.39 Å². The van der Waals surface area contributed by atoms with Gasteiger partial charge in [0.05, 0.1) is 5.92 Å². The first-order valence-electron chi connectivity index (χ1n) is 4.41. The van der Waals surface area contributed by atoms with Gasteiger partial charge >= 0.3 is 5.97 Å². The van der Waals surface area contributed by atoms with Crippen molar-refractivity contribution in [2.75, 3.05) is 6.79 Å². The van der Waals surface area contributed by atoms with Crippen LogP contribution in [0.5, 0.6) is 11.5 Å². The maximum Gasteiger partial charge on any atom is 0.310 e. The first-order chi connectivity index (χ1) is 7.09. The Balaban J connectivity index is 2.43. The van der Waals surface area contributed by atoms with Crippen LogP contribution in [0.4, 0.5) is 4.39 Å². The fraction of sp³-hybridized carbons (Fsp3) is 0.300. The average Bonchev–Trinajstić information content (AvgIpc) is 2.64. The van der Waals surface area contributed by atoms with Crippen LogP contribution in [0, 0.1) is 5.82 Å². The van der Waals surface area contributed by atoms with Gasteiger partial charge in [0, 0.05) is 0 Å². The van der Waals surface area contributed by atoms with Gasteiger partial charge in [-0.1, -0.05) is 0 Å². The van der Waals surface area contributed by atoms with Crippen molar-refractivity contribution in [2.24, 2.45) is 0 Å². The van der Waals surface area contributed by atoms with Crippen LogP contribution in [0.15, 0.2) is 12.1 Å². The van der Waals surface area contributed by atoms with Crippen molar-refractivity contribution in [2.45, 2.75) is 12.8 Å². The summed E-state index contributed by atoms with van der Waals surface area (Å²) in [7, 11) is 0. The molecular weight excluding hydrogens is 203 g/mol. The second kappa shape index (κ2) is 3.42. The smallest absolute Gasteiger partial charge is 0.310 e. The van der Waals surface area contributed by atoms with Crippen LogP contribution in [0.2, 0.25) is 0 Å². The maximum atomic E-state index is 13.4. The lowest BCUT2D eigenvalue weighted by molar-refractivity contribution is -0.138. The molecule has 1 N–H and O–H groups in total. The first-order valence-corrected chi connectivity index (χ1v) is 4.41. The molecular formula is C10H9FO4. The number of rotatable bonds is 2. The zero-order chi connectivity index (χ0) is 11.0. The lowest BCUT2D eigenvalue weighted by atomic mass is 10.0. The van der Waals surface area contributed by atoms with Crippen molar-refractivity contribution < 1.29 is 23.8 Å². The van der Waals surface area contributed by atoms with E-state index in [2.05, 4.69) is 0 Å². The monoisotopic (exact) mass is 212 g/mol. The third-order valence-electron chi connectivity index (χ3n) is 2.32. The second-order valence-electron chi connectivity index (χ2n) is 3.30. The highest BCUT2D eigenvalue weighted by atomic mass is 19.1. The number of carboxylic acid groups (broad SMARTS) is 1. The van der Waals surface area contributed by atoms with E-state index in [0.29, 0.717) is 5.56 Å². The predicted molar refractivity (Wildman–Crippen MR) is 48.6 cm³/mol. The van der Waals surface area contributed by atoms with Gasteiger partial charge in [-0.2, -0.15) is 0 Å². The number of carbonyl (C=O) groups is 1. The Morgan fingerprint density at radius 3 is 2.93 bits per heavy atom. The Hall–Kier alpha value is -1.78. The molecule has 1 aromatic carbocycles. The summed E-state index contributed by atoms with van der Waals surface area (Å²) in [4.78, 5) is 10.7. The highest BCUT2D eigenvalue weighted by molar-refractivity contribution is 5.76. The van der Waals surface area contributed by atoms with E-state index in [1.54, 1.807) is 0 Å². The maximum absolute atomic E-state index is 13.4. The lowest BCUT2D eigenvalue weighted by Crippen LogP contribution is -2.07. The Labute approximate surface area is 85.2 Å². The third kappa shape index (κ3) is 1.60. The van der Waals surface area contributed by atoms with Gasteiger partial charge in [0.15, 0.2) is 11.6 Å². The molecule has 1 heterocycles. The second-order valence-corrected chi connectivity index (χ2v) is 3.30. The van der Waals surface area contributed by atoms with Crippen LogP contribution in [0.1, 0.15) is 18.4 Å². The SMILES string of the molecule is CC(C(=O)O)c1cc(F)c2c(c1)OCO2. The zero-order valence-corrected chi connectivity index (χ0v) is 7.99. The molecule has 1 aromatic rings. The molecule has 0 saturated carbocycles. The number of fused-ring (bicyclic) bond motifs is 1. The number of carboxylic acids is 1. The Bertz CT molecular complexity index is 416. The lowest BCUT2D eigenvalue weighted by Gasteiger charge is -2.07. The van der Waals surface area contributed by atoms with Crippen molar-refractivity contribution in [3.63, 3.8) is 0 Å². The standard InChI is InChI=1S/C10H9FO4/c1-5(10(12)13)6-2-7(11)9-8(3-6)14-4-15-9/h2-3,5H,4H2,1H3,(H,12,13). The molecule has 0 spiro atoms. The number of hydrogen-bond acceptors (Lipinski definition) is 3.